The Labute approximate surface area is 184 Å². The molecule has 0 atom stereocenters. The quantitative estimate of drug-likeness (QED) is 0.586. The van der Waals surface area contributed by atoms with Crippen molar-refractivity contribution in [1.82, 2.24) is 4.90 Å². The van der Waals surface area contributed by atoms with Crippen molar-refractivity contribution >= 4 is 28.8 Å². The summed E-state index contributed by atoms with van der Waals surface area (Å²) in [7, 11) is 0. The summed E-state index contributed by atoms with van der Waals surface area (Å²) in [6.07, 6.45) is 3.88. The van der Waals surface area contributed by atoms with Crippen LogP contribution >= 0.6 is 0 Å². The highest BCUT2D eigenvalue weighted by Gasteiger charge is 2.39. The summed E-state index contributed by atoms with van der Waals surface area (Å²) < 4.78 is 18.8. The van der Waals surface area contributed by atoms with E-state index >= 15 is 0 Å². The number of anilines is 2. The molecule has 3 heterocycles. The van der Waals surface area contributed by atoms with Crippen LogP contribution in [0.5, 0.6) is 0 Å². The molecule has 0 saturated carbocycles. The van der Waals surface area contributed by atoms with Gasteiger partial charge in [-0.05, 0) is 66.9 Å². The molecule has 2 amide bonds. The predicted molar refractivity (Wildman–Crippen MR) is 119 cm³/mol. The van der Waals surface area contributed by atoms with Gasteiger partial charge in [0.05, 0.1) is 18.4 Å². The van der Waals surface area contributed by atoms with Crippen LogP contribution in [-0.4, -0.2) is 29.8 Å². The maximum Gasteiger partial charge on any atom is 0.278 e. The van der Waals surface area contributed by atoms with Crippen molar-refractivity contribution in [3.63, 3.8) is 0 Å². The number of amides is 2. The van der Waals surface area contributed by atoms with E-state index in [0.29, 0.717) is 17.0 Å². The van der Waals surface area contributed by atoms with Crippen LogP contribution in [0.4, 0.5) is 15.8 Å². The number of benzene rings is 2. The third-order valence-electron chi connectivity index (χ3n) is 5.80. The zero-order chi connectivity index (χ0) is 22.1. The van der Waals surface area contributed by atoms with Crippen molar-refractivity contribution < 1.29 is 18.4 Å². The molecular formula is C25H22FN3O3. The Kier molecular flexibility index (Phi) is 5.23. The van der Waals surface area contributed by atoms with Gasteiger partial charge in [-0.3, -0.25) is 14.5 Å². The molecule has 2 aromatic carbocycles. The fraction of sp³-hybridized carbons (Fsp3) is 0.200. The number of furan rings is 1. The first kappa shape index (κ1) is 20.1. The summed E-state index contributed by atoms with van der Waals surface area (Å²) in [4.78, 5) is 29.9. The highest BCUT2D eigenvalue weighted by Crippen LogP contribution is 2.32. The SMILES string of the molecule is O=C1C(Nc2ccc(N3CCCC3)cc2)=C(c2ccc(F)cc2)C(=O)N1Cc1ccco1. The number of halogens is 1. The monoisotopic (exact) mass is 431 g/mol. The van der Waals surface area contributed by atoms with Gasteiger partial charge < -0.3 is 14.6 Å². The molecule has 1 aromatic heterocycles. The second-order valence-electron chi connectivity index (χ2n) is 7.90. The van der Waals surface area contributed by atoms with Crippen LogP contribution in [0.3, 0.4) is 0 Å². The van der Waals surface area contributed by atoms with Crippen LogP contribution in [0.1, 0.15) is 24.2 Å². The molecule has 0 bridgehead atoms. The van der Waals surface area contributed by atoms with E-state index in [1.807, 2.05) is 24.3 Å². The Hall–Kier alpha value is -3.87. The van der Waals surface area contributed by atoms with Gasteiger partial charge in [0.15, 0.2) is 0 Å². The van der Waals surface area contributed by atoms with Crippen molar-refractivity contribution in [1.29, 1.82) is 0 Å². The Morgan fingerprint density at radius 1 is 0.906 bits per heavy atom. The smallest absolute Gasteiger partial charge is 0.278 e. The fourth-order valence-electron chi connectivity index (χ4n) is 4.15. The van der Waals surface area contributed by atoms with Crippen molar-refractivity contribution in [3.8, 4) is 0 Å². The molecule has 0 spiro atoms. The maximum atomic E-state index is 13.5. The van der Waals surface area contributed by atoms with Gasteiger partial charge in [-0.2, -0.15) is 0 Å². The first-order valence-corrected chi connectivity index (χ1v) is 10.6. The number of hydrogen-bond acceptors (Lipinski definition) is 5. The molecule has 0 radical (unpaired) electrons. The summed E-state index contributed by atoms with van der Waals surface area (Å²) >= 11 is 0. The summed E-state index contributed by atoms with van der Waals surface area (Å²) in [5.41, 5.74) is 2.69. The molecule has 7 heteroatoms. The summed E-state index contributed by atoms with van der Waals surface area (Å²) in [5.74, 6) is -0.810. The van der Waals surface area contributed by atoms with E-state index in [4.69, 9.17) is 4.42 Å². The molecule has 2 aliphatic heterocycles. The van der Waals surface area contributed by atoms with E-state index in [9.17, 15) is 14.0 Å². The van der Waals surface area contributed by atoms with Gasteiger partial charge in [-0.15, -0.1) is 0 Å². The maximum absolute atomic E-state index is 13.5. The molecule has 6 nitrogen and oxygen atoms in total. The van der Waals surface area contributed by atoms with E-state index < -0.39 is 17.6 Å². The number of nitrogens with zero attached hydrogens (tertiary/aromatic N) is 2. The molecule has 0 unspecified atom stereocenters. The van der Waals surface area contributed by atoms with E-state index in [0.717, 1.165) is 23.7 Å². The highest BCUT2D eigenvalue weighted by molar-refractivity contribution is 6.36. The minimum Gasteiger partial charge on any atom is -0.467 e. The number of carbonyl (C=O) groups is 2. The van der Waals surface area contributed by atoms with Gasteiger partial charge in [0.2, 0.25) is 0 Å². The van der Waals surface area contributed by atoms with Crippen LogP contribution in [0.25, 0.3) is 5.57 Å². The lowest BCUT2D eigenvalue weighted by molar-refractivity contribution is -0.137. The lowest BCUT2D eigenvalue weighted by Crippen LogP contribution is -2.31. The van der Waals surface area contributed by atoms with Gasteiger partial charge in [0.1, 0.15) is 17.3 Å². The van der Waals surface area contributed by atoms with Crippen LogP contribution in [0, 0.1) is 5.82 Å². The summed E-state index contributed by atoms with van der Waals surface area (Å²) in [6.45, 7) is 2.11. The predicted octanol–water partition coefficient (Wildman–Crippen LogP) is 4.41. The fourth-order valence-corrected chi connectivity index (χ4v) is 4.15. The van der Waals surface area contributed by atoms with Gasteiger partial charge >= 0.3 is 0 Å². The lowest BCUT2D eigenvalue weighted by Gasteiger charge is -2.18. The molecule has 2 aliphatic rings. The minimum atomic E-state index is -0.450. The molecule has 1 N–H and O–H groups in total. The molecule has 162 valence electrons. The highest BCUT2D eigenvalue weighted by atomic mass is 19.1. The molecule has 0 aliphatic carbocycles. The second kappa shape index (κ2) is 8.34. The molecular weight excluding hydrogens is 409 g/mol. The Morgan fingerprint density at radius 2 is 1.62 bits per heavy atom. The summed E-state index contributed by atoms with van der Waals surface area (Å²) in [6, 6.07) is 16.8. The molecule has 32 heavy (non-hydrogen) atoms. The van der Waals surface area contributed by atoms with Gasteiger partial charge in [-0.25, -0.2) is 4.39 Å². The van der Waals surface area contributed by atoms with Crippen molar-refractivity contribution in [3.05, 3.63) is 89.8 Å². The van der Waals surface area contributed by atoms with Gasteiger partial charge in [-0.1, -0.05) is 12.1 Å². The average molecular weight is 431 g/mol. The zero-order valence-corrected chi connectivity index (χ0v) is 17.4. The third-order valence-corrected chi connectivity index (χ3v) is 5.80. The van der Waals surface area contributed by atoms with Crippen molar-refractivity contribution in [2.75, 3.05) is 23.3 Å². The van der Waals surface area contributed by atoms with Crippen molar-refractivity contribution in [2.45, 2.75) is 19.4 Å². The van der Waals surface area contributed by atoms with Crippen LogP contribution < -0.4 is 10.2 Å². The molecule has 1 fully saturated rings. The largest absolute Gasteiger partial charge is 0.467 e. The average Bonchev–Trinajstić information content (AvgIpc) is 3.56. The zero-order valence-electron chi connectivity index (χ0n) is 17.4. The lowest BCUT2D eigenvalue weighted by atomic mass is 10.0. The molecule has 5 rings (SSSR count). The van der Waals surface area contributed by atoms with E-state index in [1.54, 1.807) is 12.1 Å². The second-order valence-corrected chi connectivity index (χ2v) is 7.90. The topological polar surface area (TPSA) is 65.8 Å². The van der Waals surface area contributed by atoms with E-state index in [2.05, 4.69) is 10.2 Å². The first-order valence-electron chi connectivity index (χ1n) is 10.6. The Bertz CT molecular complexity index is 1160. The third kappa shape index (κ3) is 3.77. The number of imide groups is 1. The molecule has 1 saturated heterocycles. The number of rotatable bonds is 6. The number of nitrogens with one attached hydrogen (secondary N) is 1. The van der Waals surface area contributed by atoms with Crippen LogP contribution in [0.15, 0.2) is 77.0 Å². The first-order chi connectivity index (χ1) is 15.6. The van der Waals surface area contributed by atoms with Crippen LogP contribution in [0.2, 0.25) is 0 Å². The van der Waals surface area contributed by atoms with E-state index in [1.165, 1.54) is 43.4 Å². The summed E-state index contributed by atoms with van der Waals surface area (Å²) in [5, 5.41) is 3.14. The molecule has 3 aromatic rings. The Morgan fingerprint density at radius 3 is 2.28 bits per heavy atom. The van der Waals surface area contributed by atoms with Crippen molar-refractivity contribution in [2.24, 2.45) is 0 Å². The Balaban J connectivity index is 1.47. The van der Waals surface area contributed by atoms with Crippen LogP contribution in [-0.2, 0) is 16.1 Å². The standard InChI is InChI=1S/C25H22FN3O3/c26-18-7-5-17(6-8-18)22-23(25(31)29(24(22)30)16-21-4-3-15-32-21)27-19-9-11-20(12-10-19)28-13-1-2-14-28/h3-12,15,27H,1-2,13-14,16H2. The van der Waals surface area contributed by atoms with E-state index in [-0.39, 0.29) is 17.8 Å². The van der Waals surface area contributed by atoms with Gasteiger partial charge in [0, 0.05) is 24.5 Å². The van der Waals surface area contributed by atoms with Gasteiger partial charge in [0.25, 0.3) is 11.8 Å². The number of hydrogen-bond donors (Lipinski definition) is 1. The number of carbonyl (C=O) groups excluding carboxylic acids is 2. The normalized spacial score (nSPS) is 16.4. The minimum absolute atomic E-state index is 0.0223.